The maximum atomic E-state index is 12.1. The number of esters is 2. The van der Waals surface area contributed by atoms with E-state index < -0.39 is 18.0 Å². The molecule has 0 aromatic carbocycles. The van der Waals surface area contributed by atoms with Gasteiger partial charge in [-0.15, -0.1) is 0 Å². The summed E-state index contributed by atoms with van der Waals surface area (Å²) in [6.45, 7) is 13.0. The molecule has 0 heterocycles. The van der Waals surface area contributed by atoms with Crippen LogP contribution in [0.3, 0.4) is 0 Å². The van der Waals surface area contributed by atoms with Crippen LogP contribution in [0.15, 0.2) is 24.3 Å². The minimum absolute atomic E-state index is 0.0411. The molecule has 0 spiro atoms. The van der Waals surface area contributed by atoms with Crippen molar-refractivity contribution in [3.05, 3.63) is 24.3 Å². The Morgan fingerprint density at radius 1 is 0.811 bits per heavy atom. The van der Waals surface area contributed by atoms with E-state index in [9.17, 15) is 14.7 Å². The van der Waals surface area contributed by atoms with Crippen LogP contribution in [0.2, 0.25) is 0 Å². The van der Waals surface area contributed by atoms with Crippen LogP contribution in [0, 0.1) is 29.6 Å². The Kier molecular flexibility index (Phi) is 14.6. The number of rotatable bonds is 16. The first kappa shape index (κ1) is 31.6. The third kappa shape index (κ3) is 11.8. The van der Waals surface area contributed by atoms with E-state index >= 15 is 0 Å². The predicted octanol–water partition coefficient (Wildman–Crippen LogP) is 7.57. The van der Waals surface area contributed by atoms with E-state index in [1.165, 1.54) is 90.4 Å². The number of unbranched alkanes of at least 4 members (excludes halogenated alkanes) is 2. The molecule has 0 bridgehead atoms. The van der Waals surface area contributed by atoms with Crippen molar-refractivity contribution in [1.82, 2.24) is 0 Å². The van der Waals surface area contributed by atoms with Gasteiger partial charge >= 0.3 is 11.9 Å². The van der Waals surface area contributed by atoms with Crippen molar-refractivity contribution in [2.24, 2.45) is 29.6 Å². The van der Waals surface area contributed by atoms with Gasteiger partial charge in [-0.2, -0.15) is 0 Å². The molecule has 5 heteroatoms. The number of ether oxygens (including phenoxy) is 2. The Bertz CT molecular complexity index is 711. The lowest BCUT2D eigenvalue weighted by molar-refractivity contribution is -0.144. The van der Waals surface area contributed by atoms with Crippen LogP contribution in [0.5, 0.6) is 0 Å². The van der Waals surface area contributed by atoms with E-state index in [1.807, 2.05) is 0 Å². The highest BCUT2D eigenvalue weighted by atomic mass is 16.5. The molecule has 0 radical (unpaired) electrons. The van der Waals surface area contributed by atoms with Gasteiger partial charge in [-0.1, -0.05) is 84.3 Å². The Morgan fingerprint density at radius 2 is 1.30 bits per heavy atom. The second kappa shape index (κ2) is 17.1. The molecule has 2 aliphatic carbocycles. The van der Waals surface area contributed by atoms with Gasteiger partial charge in [0.2, 0.25) is 0 Å². The molecular weight excluding hydrogens is 464 g/mol. The smallest absolute Gasteiger partial charge is 0.336 e. The average Bonchev–Trinajstić information content (AvgIpc) is 2.89. The molecule has 0 aromatic heterocycles. The van der Waals surface area contributed by atoms with E-state index in [0.717, 1.165) is 36.5 Å². The fourth-order valence-electron chi connectivity index (χ4n) is 6.26. The molecule has 37 heavy (non-hydrogen) atoms. The topological polar surface area (TPSA) is 72.8 Å². The van der Waals surface area contributed by atoms with E-state index in [0.29, 0.717) is 5.57 Å². The van der Waals surface area contributed by atoms with Gasteiger partial charge in [-0.25, -0.2) is 9.59 Å². The Hall–Kier alpha value is -1.62. The predicted molar refractivity (Wildman–Crippen MR) is 150 cm³/mol. The highest BCUT2D eigenvalue weighted by Crippen LogP contribution is 2.43. The maximum absolute atomic E-state index is 12.1. The molecule has 0 aliphatic heterocycles. The summed E-state index contributed by atoms with van der Waals surface area (Å²) >= 11 is 0. The molecule has 5 nitrogen and oxygen atoms in total. The van der Waals surface area contributed by atoms with Gasteiger partial charge in [0.05, 0.1) is 24.9 Å². The standard InChI is InChI=1S/C32H54O5/c1-6-7-8-10-26-13-17-29(18-14-26)30-19-15-27(16-20-30)11-9-12-28(21-36-31(34)23(2)3)22-37-32(35)24(4)25(5)33/h25-30,33H,2,4,6-22H2,1,3,5H3. The maximum Gasteiger partial charge on any atom is 0.336 e. The van der Waals surface area contributed by atoms with Crippen molar-refractivity contribution < 1.29 is 24.2 Å². The van der Waals surface area contributed by atoms with Crippen molar-refractivity contribution >= 4 is 11.9 Å². The molecule has 2 aliphatic rings. The zero-order valence-corrected chi connectivity index (χ0v) is 24.0. The van der Waals surface area contributed by atoms with Crippen molar-refractivity contribution in [2.45, 2.75) is 123 Å². The summed E-state index contributed by atoms with van der Waals surface area (Å²) in [6, 6.07) is 0. The summed E-state index contributed by atoms with van der Waals surface area (Å²) in [4.78, 5) is 24.0. The molecule has 0 amide bonds. The summed E-state index contributed by atoms with van der Waals surface area (Å²) in [5, 5.41) is 9.55. The normalized spacial score (nSPS) is 25.6. The third-order valence-electron chi connectivity index (χ3n) is 8.91. The lowest BCUT2D eigenvalue weighted by Gasteiger charge is -2.38. The van der Waals surface area contributed by atoms with E-state index in [1.54, 1.807) is 6.92 Å². The number of aliphatic hydroxyl groups is 1. The Balaban J connectivity index is 1.70. The van der Waals surface area contributed by atoms with Crippen LogP contribution in [0.25, 0.3) is 0 Å². The minimum Gasteiger partial charge on any atom is -0.462 e. The molecule has 2 saturated carbocycles. The fourth-order valence-corrected chi connectivity index (χ4v) is 6.26. The highest BCUT2D eigenvalue weighted by Gasteiger charge is 2.30. The molecular formula is C32H54O5. The van der Waals surface area contributed by atoms with E-state index in [4.69, 9.17) is 9.47 Å². The van der Waals surface area contributed by atoms with Crippen molar-refractivity contribution in [1.29, 1.82) is 0 Å². The van der Waals surface area contributed by atoms with Gasteiger partial charge in [0, 0.05) is 11.5 Å². The van der Waals surface area contributed by atoms with Crippen molar-refractivity contribution in [2.75, 3.05) is 13.2 Å². The molecule has 2 atom stereocenters. The van der Waals surface area contributed by atoms with Crippen LogP contribution in [-0.2, 0) is 19.1 Å². The first-order valence-electron chi connectivity index (χ1n) is 15.1. The van der Waals surface area contributed by atoms with Crippen LogP contribution in [-0.4, -0.2) is 36.4 Å². The summed E-state index contributed by atoms with van der Waals surface area (Å²) < 4.78 is 10.7. The van der Waals surface area contributed by atoms with Gasteiger partial charge in [0.25, 0.3) is 0 Å². The number of hydrogen-bond donors (Lipinski definition) is 1. The number of aliphatic hydroxyl groups excluding tert-OH is 1. The van der Waals surface area contributed by atoms with Gasteiger partial charge < -0.3 is 14.6 Å². The second-order valence-corrected chi connectivity index (χ2v) is 12.0. The molecule has 2 fully saturated rings. The molecule has 2 rings (SSSR count). The van der Waals surface area contributed by atoms with Gasteiger partial charge in [0.15, 0.2) is 0 Å². The van der Waals surface area contributed by atoms with Crippen LogP contribution >= 0.6 is 0 Å². The lowest BCUT2D eigenvalue weighted by atomic mass is 9.68. The highest BCUT2D eigenvalue weighted by molar-refractivity contribution is 5.88. The number of carbonyl (C=O) groups excluding carboxylic acids is 2. The number of hydrogen-bond acceptors (Lipinski definition) is 5. The summed E-state index contributed by atoms with van der Waals surface area (Å²) in [6.07, 6.45) is 19.0. The van der Waals surface area contributed by atoms with Gasteiger partial charge in [-0.05, 0) is 69.6 Å². The van der Waals surface area contributed by atoms with Gasteiger partial charge in [0.1, 0.15) is 0 Å². The summed E-state index contributed by atoms with van der Waals surface area (Å²) in [7, 11) is 0. The third-order valence-corrected chi connectivity index (χ3v) is 8.91. The fraction of sp³-hybridized carbons (Fsp3) is 0.812. The molecule has 0 saturated heterocycles. The molecule has 0 aromatic rings. The van der Waals surface area contributed by atoms with Crippen LogP contribution < -0.4 is 0 Å². The lowest BCUT2D eigenvalue weighted by Crippen LogP contribution is -2.26. The van der Waals surface area contributed by atoms with E-state index in [2.05, 4.69) is 20.1 Å². The SMILES string of the molecule is C=C(C)C(=O)OCC(CCCC1CCC(C2CCC(CCCCC)CC2)CC1)COC(=O)C(=C)C(C)O. The Labute approximate surface area is 226 Å². The summed E-state index contributed by atoms with van der Waals surface area (Å²) in [5.74, 6) is 2.57. The Morgan fingerprint density at radius 3 is 1.76 bits per heavy atom. The van der Waals surface area contributed by atoms with E-state index in [-0.39, 0.29) is 24.7 Å². The van der Waals surface area contributed by atoms with Crippen molar-refractivity contribution in [3.8, 4) is 0 Å². The zero-order valence-electron chi connectivity index (χ0n) is 24.0. The van der Waals surface area contributed by atoms with Gasteiger partial charge in [-0.3, -0.25) is 0 Å². The largest absolute Gasteiger partial charge is 0.462 e. The molecule has 1 N–H and O–H groups in total. The zero-order chi connectivity index (χ0) is 27.2. The first-order valence-corrected chi connectivity index (χ1v) is 15.1. The molecule has 2 unspecified atom stereocenters. The van der Waals surface area contributed by atoms with Crippen LogP contribution in [0.4, 0.5) is 0 Å². The van der Waals surface area contributed by atoms with Crippen LogP contribution in [0.1, 0.15) is 117 Å². The average molecular weight is 519 g/mol. The second-order valence-electron chi connectivity index (χ2n) is 12.0. The molecule has 212 valence electrons. The number of carbonyl (C=O) groups is 2. The quantitative estimate of drug-likeness (QED) is 0.130. The monoisotopic (exact) mass is 518 g/mol. The summed E-state index contributed by atoms with van der Waals surface area (Å²) in [5.41, 5.74) is 0.402. The van der Waals surface area contributed by atoms with Crippen molar-refractivity contribution in [3.63, 3.8) is 0 Å². The first-order chi connectivity index (χ1) is 17.7. The minimum atomic E-state index is -0.942.